The van der Waals surface area contributed by atoms with Gasteiger partial charge in [-0.25, -0.2) is 0 Å². The molecule has 2 heterocycles. The molecule has 0 saturated carbocycles. The molecule has 1 aromatic carbocycles. The van der Waals surface area contributed by atoms with Gasteiger partial charge in [0, 0.05) is 12.3 Å². The van der Waals surface area contributed by atoms with Crippen LogP contribution in [0.1, 0.15) is 11.3 Å². The van der Waals surface area contributed by atoms with Crippen LogP contribution in [0.2, 0.25) is 0 Å². The largest absolute Gasteiger partial charge is 0.454 e. The molecule has 0 aliphatic carbocycles. The van der Waals surface area contributed by atoms with Gasteiger partial charge in [-0.3, -0.25) is 9.78 Å². The van der Waals surface area contributed by atoms with E-state index in [0.29, 0.717) is 12.3 Å². The summed E-state index contributed by atoms with van der Waals surface area (Å²) in [7, 11) is 0. The predicted octanol–water partition coefficient (Wildman–Crippen LogP) is 2.14. The Hall–Kier alpha value is -2.82. The minimum absolute atomic E-state index is 0.168. The number of aromatic nitrogens is 1. The zero-order valence-corrected chi connectivity index (χ0v) is 11.3. The van der Waals surface area contributed by atoms with E-state index in [1.807, 2.05) is 36.4 Å². The van der Waals surface area contributed by atoms with Crippen LogP contribution in [-0.2, 0) is 11.3 Å². The Morgan fingerprint density at radius 2 is 2.14 bits per heavy atom. The maximum absolute atomic E-state index is 11.7. The molecule has 1 aliphatic rings. The fourth-order valence-electron chi connectivity index (χ4n) is 1.93. The van der Waals surface area contributed by atoms with Crippen LogP contribution in [0, 0.1) is 0 Å². The SMILES string of the molecule is O=C(C=Cc1ccc2c(c1)OCO2)NCc1ccccn1. The van der Waals surface area contributed by atoms with Gasteiger partial charge in [0.15, 0.2) is 11.5 Å². The molecule has 2 aromatic rings. The van der Waals surface area contributed by atoms with E-state index in [4.69, 9.17) is 9.47 Å². The van der Waals surface area contributed by atoms with Crippen LogP contribution in [0.5, 0.6) is 11.5 Å². The molecule has 0 fully saturated rings. The monoisotopic (exact) mass is 282 g/mol. The summed E-state index contributed by atoms with van der Waals surface area (Å²) in [6, 6.07) is 11.1. The fraction of sp³-hybridized carbons (Fsp3) is 0.125. The number of amides is 1. The Bertz CT molecular complexity index is 668. The Morgan fingerprint density at radius 3 is 3.00 bits per heavy atom. The third-order valence-corrected chi connectivity index (χ3v) is 2.99. The molecule has 0 spiro atoms. The standard InChI is InChI=1S/C16H14N2O3/c19-16(18-10-13-3-1-2-8-17-13)7-5-12-4-6-14-15(9-12)21-11-20-14/h1-9H,10-11H2,(H,18,19). The van der Waals surface area contributed by atoms with E-state index < -0.39 is 0 Å². The van der Waals surface area contributed by atoms with Crippen LogP contribution in [0.15, 0.2) is 48.7 Å². The van der Waals surface area contributed by atoms with Gasteiger partial charge in [0.05, 0.1) is 12.2 Å². The Morgan fingerprint density at radius 1 is 1.24 bits per heavy atom. The number of carbonyl (C=O) groups is 1. The maximum atomic E-state index is 11.7. The maximum Gasteiger partial charge on any atom is 0.244 e. The average molecular weight is 282 g/mol. The molecule has 3 rings (SSSR count). The first-order valence-corrected chi connectivity index (χ1v) is 6.57. The molecular formula is C16H14N2O3. The number of nitrogens with zero attached hydrogens (tertiary/aromatic N) is 1. The zero-order valence-electron chi connectivity index (χ0n) is 11.3. The van der Waals surface area contributed by atoms with E-state index >= 15 is 0 Å². The molecule has 0 unspecified atom stereocenters. The molecule has 5 nitrogen and oxygen atoms in total. The van der Waals surface area contributed by atoms with Crippen molar-refractivity contribution in [3.8, 4) is 11.5 Å². The normalized spacial score (nSPS) is 12.6. The van der Waals surface area contributed by atoms with Crippen molar-refractivity contribution in [3.05, 3.63) is 59.9 Å². The van der Waals surface area contributed by atoms with Gasteiger partial charge in [0.2, 0.25) is 12.7 Å². The van der Waals surface area contributed by atoms with Gasteiger partial charge in [0.1, 0.15) is 0 Å². The van der Waals surface area contributed by atoms with Crippen molar-refractivity contribution < 1.29 is 14.3 Å². The van der Waals surface area contributed by atoms with E-state index in [1.54, 1.807) is 12.3 Å². The van der Waals surface area contributed by atoms with Gasteiger partial charge in [-0.1, -0.05) is 12.1 Å². The molecule has 21 heavy (non-hydrogen) atoms. The van der Waals surface area contributed by atoms with Crippen LogP contribution >= 0.6 is 0 Å². The van der Waals surface area contributed by atoms with Gasteiger partial charge in [-0.05, 0) is 35.9 Å². The fourth-order valence-corrected chi connectivity index (χ4v) is 1.93. The van der Waals surface area contributed by atoms with Crippen molar-refractivity contribution in [1.29, 1.82) is 0 Å². The summed E-state index contributed by atoms with van der Waals surface area (Å²) < 4.78 is 10.5. The van der Waals surface area contributed by atoms with E-state index in [0.717, 1.165) is 17.0 Å². The number of ether oxygens (including phenoxy) is 2. The van der Waals surface area contributed by atoms with Crippen LogP contribution in [-0.4, -0.2) is 17.7 Å². The van der Waals surface area contributed by atoms with Crippen LogP contribution in [0.4, 0.5) is 0 Å². The van der Waals surface area contributed by atoms with Crippen LogP contribution in [0.25, 0.3) is 6.08 Å². The highest BCUT2D eigenvalue weighted by molar-refractivity contribution is 5.91. The molecule has 0 saturated heterocycles. The number of pyridine rings is 1. The molecule has 0 radical (unpaired) electrons. The van der Waals surface area contributed by atoms with Gasteiger partial charge in [-0.2, -0.15) is 0 Å². The Labute approximate surface area is 122 Å². The van der Waals surface area contributed by atoms with Gasteiger partial charge in [-0.15, -0.1) is 0 Å². The molecule has 0 bridgehead atoms. The van der Waals surface area contributed by atoms with E-state index in [-0.39, 0.29) is 12.7 Å². The molecule has 106 valence electrons. The highest BCUT2D eigenvalue weighted by Crippen LogP contribution is 2.32. The second-order valence-corrected chi connectivity index (χ2v) is 4.48. The number of hydrogen-bond donors (Lipinski definition) is 1. The zero-order chi connectivity index (χ0) is 14.5. The van der Waals surface area contributed by atoms with Gasteiger partial charge >= 0.3 is 0 Å². The molecule has 1 amide bonds. The van der Waals surface area contributed by atoms with E-state index in [9.17, 15) is 4.79 Å². The van der Waals surface area contributed by atoms with Crippen molar-refractivity contribution in [3.63, 3.8) is 0 Å². The molecule has 1 aromatic heterocycles. The number of carbonyl (C=O) groups excluding carboxylic acids is 1. The van der Waals surface area contributed by atoms with Crippen molar-refractivity contribution >= 4 is 12.0 Å². The van der Waals surface area contributed by atoms with Crippen molar-refractivity contribution in [2.24, 2.45) is 0 Å². The van der Waals surface area contributed by atoms with Gasteiger partial charge in [0.25, 0.3) is 0 Å². The summed E-state index contributed by atoms with van der Waals surface area (Å²) in [6.07, 6.45) is 4.92. The quantitative estimate of drug-likeness (QED) is 0.873. The number of hydrogen-bond acceptors (Lipinski definition) is 4. The summed E-state index contributed by atoms with van der Waals surface area (Å²) in [5.74, 6) is 1.26. The third kappa shape index (κ3) is 3.39. The molecular weight excluding hydrogens is 268 g/mol. The summed E-state index contributed by atoms with van der Waals surface area (Å²) >= 11 is 0. The number of benzene rings is 1. The number of nitrogens with one attached hydrogen (secondary N) is 1. The van der Waals surface area contributed by atoms with Crippen LogP contribution in [0.3, 0.4) is 0 Å². The first-order chi connectivity index (χ1) is 10.3. The first kappa shape index (κ1) is 13.2. The smallest absolute Gasteiger partial charge is 0.244 e. The lowest BCUT2D eigenvalue weighted by Gasteiger charge is -2.01. The summed E-state index contributed by atoms with van der Waals surface area (Å²) in [6.45, 7) is 0.651. The predicted molar refractivity (Wildman–Crippen MR) is 77.7 cm³/mol. The second kappa shape index (κ2) is 6.09. The average Bonchev–Trinajstić information content (AvgIpc) is 2.99. The highest BCUT2D eigenvalue weighted by atomic mass is 16.7. The summed E-state index contributed by atoms with van der Waals surface area (Å²) in [4.78, 5) is 15.9. The number of rotatable bonds is 4. The van der Waals surface area contributed by atoms with Crippen LogP contribution < -0.4 is 14.8 Å². The molecule has 0 atom stereocenters. The van der Waals surface area contributed by atoms with E-state index in [1.165, 1.54) is 6.08 Å². The van der Waals surface area contributed by atoms with Gasteiger partial charge < -0.3 is 14.8 Å². The number of fused-ring (bicyclic) bond motifs is 1. The topological polar surface area (TPSA) is 60.5 Å². The highest BCUT2D eigenvalue weighted by Gasteiger charge is 2.12. The summed E-state index contributed by atoms with van der Waals surface area (Å²) in [5, 5.41) is 2.78. The lowest BCUT2D eigenvalue weighted by Crippen LogP contribution is -2.20. The Balaban J connectivity index is 1.57. The Kier molecular flexibility index (Phi) is 3.82. The minimum Gasteiger partial charge on any atom is -0.454 e. The lowest BCUT2D eigenvalue weighted by atomic mass is 10.2. The molecule has 1 N–H and O–H groups in total. The first-order valence-electron chi connectivity index (χ1n) is 6.57. The summed E-state index contributed by atoms with van der Waals surface area (Å²) in [5.41, 5.74) is 1.70. The lowest BCUT2D eigenvalue weighted by molar-refractivity contribution is -0.116. The molecule has 5 heteroatoms. The van der Waals surface area contributed by atoms with E-state index in [2.05, 4.69) is 10.3 Å². The third-order valence-electron chi connectivity index (χ3n) is 2.99. The van der Waals surface area contributed by atoms with Crippen molar-refractivity contribution in [2.75, 3.05) is 6.79 Å². The second-order valence-electron chi connectivity index (χ2n) is 4.48. The minimum atomic E-state index is -0.168. The van der Waals surface area contributed by atoms with Crippen molar-refractivity contribution in [1.82, 2.24) is 10.3 Å². The molecule has 1 aliphatic heterocycles. The van der Waals surface area contributed by atoms with Crippen molar-refractivity contribution in [2.45, 2.75) is 6.54 Å².